The summed E-state index contributed by atoms with van der Waals surface area (Å²) in [6, 6.07) is 5.87. The summed E-state index contributed by atoms with van der Waals surface area (Å²) in [5.74, 6) is 0.000000000000000666. The highest BCUT2D eigenvalue weighted by Crippen LogP contribution is 2.11. The summed E-state index contributed by atoms with van der Waals surface area (Å²) in [6.07, 6.45) is 0. The number of benzene rings is 1. The minimum absolute atomic E-state index is 0.000000000000000666. The first kappa shape index (κ1) is 11.8. The standard InChI is InChI=1S/C13H19NO/c1-9-6-7-11(10(2)8-9)12(15)14-13(3,4)5/h6-8H,1-5H3,(H,14,15). The quantitative estimate of drug-likeness (QED) is 0.750. The number of rotatable bonds is 1. The fraction of sp³-hybridized carbons (Fsp3) is 0.462. The Morgan fingerprint density at radius 2 is 1.80 bits per heavy atom. The highest BCUT2D eigenvalue weighted by atomic mass is 16.1. The molecule has 1 aromatic carbocycles. The van der Waals surface area contributed by atoms with E-state index in [1.54, 1.807) is 0 Å². The highest BCUT2D eigenvalue weighted by molar-refractivity contribution is 5.96. The first-order chi connectivity index (χ1) is 6.79. The molecule has 0 aliphatic carbocycles. The first-order valence-electron chi connectivity index (χ1n) is 5.19. The number of carbonyl (C=O) groups excluding carboxylic acids is 1. The molecule has 0 aliphatic rings. The third-order valence-corrected chi connectivity index (χ3v) is 2.12. The summed E-state index contributed by atoms with van der Waals surface area (Å²) < 4.78 is 0. The van der Waals surface area contributed by atoms with Gasteiger partial charge in [0.25, 0.3) is 5.91 Å². The minimum atomic E-state index is -0.186. The molecule has 82 valence electrons. The molecule has 0 bridgehead atoms. The van der Waals surface area contributed by atoms with E-state index < -0.39 is 0 Å². The average molecular weight is 205 g/mol. The van der Waals surface area contributed by atoms with Gasteiger partial charge in [0.05, 0.1) is 0 Å². The fourth-order valence-corrected chi connectivity index (χ4v) is 1.48. The van der Waals surface area contributed by atoms with Crippen LogP contribution < -0.4 is 5.32 Å². The first-order valence-corrected chi connectivity index (χ1v) is 5.19. The van der Waals surface area contributed by atoms with Crippen molar-refractivity contribution in [1.29, 1.82) is 0 Å². The van der Waals surface area contributed by atoms with Gasteiger partial charge in [0, 0.05) is 11.1 Å². The average Bonchev–Trinajstić information content (AvgIpc) is 1.99. The van der Waals surface area contributed by atoms with E-state index in [9.17, 15) is 4.79 Å². The molecule has 1 amide bonds. The summed E-state index contributed by atoms with van der Waals surface area (Å²) in [5, 5.41) is 2.96. The molecule has 2 nitrogen and oxygen atoms in total. The van der Waals surface area contributed by atoms with Crippen molar-refractivity contribution >= 4 is 5.91 Å². The summed E-state index contributed by atoms with van der Waals surface area (Å²) >= 11 is 0. The van der Waals surface area contributed by atoms with Gasteiger partial charge in [-0.15, -0.1) is 0 Å². The summed E-state index contributed by atoms with van der Waals surface area (Å²) in [6.45, 7) is 9.93. The SMILES string of the molecule is Cc1ccc(C(=O)NC(C)(C)C)c(C)c1. The number of nitrogens with one attached hydrogen (secondary N) is 1. The normalized spacial score (nSPS) is 11.3. The van der Waals surface area contributed by atoms with Gasteiger partial charge >= 0.3 is 0 Å². The third kappa shape index (κ3) is 3.39. The van der Waals surface area contributed by atoms with Gasteiger partial charge in [0.2, 0.25) is 0 Å². The Morgan fingerprint density at radius 3 is 2.27 bits per heavy atom. The molecule has 0 unspecified atom stereocenters. The minimum Gasteiger partial charge on any atom is -0.347 e. The lowest BCUT2D eigenvalue weighted by Gasteiger charge is -2.21. The maximum atomic E-state index is 11.9. The van der Waals surface area contributed by atoms with Gasteiger partial charge in [-0.1, -0.05) is 17.7 Å². The predicted molar refractivity (Wildman–Crippen MR) is 63.1 cm³/mol. The van der Waals surface area contributed by atoms with Crippen molar-refractivity contribution in [2.45, 2.75) is 40.2 Å². The van der Waals surface area contributed by atoms with Crippen molar-refractivity contribution in [1.82, 2.24) is 5.32 Å². The van der Waals surface area contributed by atoms with Crippen LogP contribution in [0.25, 0.3) is 0 Å². The lowest BCUT2D eigenvalue weighted by molar-refractivity contribution is 0.0919. The van der Waals surface area contributed by atoms with Crippen molar-refractivity contribution in [2.24, 2.45) is 0 Å². The van der Waals surface area contributed by atoms with Crippen LogP contribution in [0.15, 0.2) is 18.2 Å². The van der Waals surface area contributed by atoms with Gasteiger partial charge in [0.1, 0.15) is 0 Å². The second kappa shape index (κ2) is 4.05. The molecular formula is C13H19NO. The van der Waals surface area contributed by atoms with E-state index >= 15 is 0 Å². The van der Waals surface area contributed by atoms with Crippen LogP contribution in [0.2, 0.25) is 0 Å². The van der Waals surface area contributed by atoms with Gasteiger partial charge < -0.3 is 5.32 Å². The fourth-order valence-electron chi connectivity index (χ4n) is 1.48. The lowest BCUT2D eigenvalue weighted by Crippen LogP contribution is -2.40. The maximum Gasteiger partial charge on any atom is 0.251 e. The third-order valence-electron chi connectivity index (χ3n) is 2.12. The molecule has 0 saturated heterocycles. The smallest absolute Gasteiger partial charge is 0.251 e. The number of hydrogen-bond acceptors (Lipinski definition) is 1. The number of hydrogen-bond donors (Lipinski definition) is 1. The Morgan fingerprint density at radius 1 is 1.20 bits per heavy atom. The van der Waals surface area contributed by atoms with Gasteiger partial charge in [-0.25, -0.2) is 0 Å². The van der Waals surface area contributed by atoms with Crippen LogP contribution in [0, 0.1) is 13.8 Å². The van der Waals surface area contributed by atoms with Crippen LogP contribution in [0.5, 0.6) is 0 Å². The van der Waals surface area contributed by atoms with Gasteiger partial charge in [-0.2, -0.15) is 0 Å². The van der Waals surface area contributed by atoms with Crippen molar-refractivity contribution in [2.75, 3.05) is 0 Å². The van der Waals surface area contributed by atoms with Crippen LogP contribution in [0.1, 0.15) is 42.3 Å². The Balaban J connectivity index is 2.92. The van der Waals surface area contributed by atoms with Gasteiger partial charge in [-0.3, -0.25) is 4.79 Å². The molecule has 1 aromatic rings. The Labute approximate surface area is 91.7 Å². The molecule has 0 fully saturated rings. The summed E-state index contributed by atoms with van der Waals surface area (Å²) in [7, 11) is 0. The molecule has 0 heterocycles. The summed E-state index contributed by atoms with van der Waals surface area (Å²) in [4.78, 5) is 11.9. The monoisotopic (exact) mass is 205 g/mol. The second-order valence-corrected chi connectivity index (χ2v) is 5.02. The van der Waals surface area contributed by atoms with Gasteiger partial charge in [0.15, 0.2) is 0 Å². The molecule has 0 atom stereocenters. The molecule has 0 aromatic heterocycles. The largest absolute Gasteiger partial charge is 0.347 e. The zero-order valence-corrected chi connectivity index (χ0v) is 10.1. The maximum absolute atomic E-state index is 11.9. The van der Waals surface area contributed by atoms with Crippen molar-refractivity contribution in [3.63, 3.8) is 0 Å². The molecule has 15 heavy (non-hydrogen) atoms. The zero-order chi connectivity index (χ0) is 11.6. The van der Waals surface area contributed by atoms with Crippen molar-refractivity contribution < 1.29 is 4.79 Å². The van der Waals surface area contributed by atoms with E-state index in [-0.39, 0.29) is 11.4 Å². The topological polar surface area (TPSA) is 29.1 Å². The Kier molecular flexibility index (Phi) is 3.18. The lowest BCUT2D eigenvalue weighted by atomic mass is 10.0. The molecule has 0 radical (unpaired) electrons. The Hall–Kier alpha value is -1.31. The highest BCUT2D eigenvalue weighted by Gasteiger charge is 2.16. The van der Waals surface area contributed by atoms with Crippen LogP contribution in [0.3, 0.4) is 0 Å². The molecule has 2 heteroatoms. The van der Waals surface area contributed by atoms with Crippen LogP contribution in [-0.2, 0) is 0 Å². The van der Waals surface area contributed by atoms with Gasteiger partial charge in [-0.05, 0) is 46.2 Å². The van der Waals surface area contributed by atoms with E-state index in [0.29, 0.717) is 0 Å². The van der Waals surface area contributed by atoms with Crippen LogP contribution in [0.4, 0.5) is 0 Å². The molecule has 0 aliphatic heterocycles. The van der Waals surface area contributed by atoms with E-state index in [0.717, 1.165) is 11.1 Å². The molecule has 1 rings (SSSR count). The van der Waals surface area contributed by atoms with Crippen LogP contribution in [-0.4, -0.2) is 11.4 Å². The van der Waals surface area contributed by atoms with E-state index in [2.05, 4.69) is 5.32 Å². The molecular weight excluding hydrogens is 186 g/mol. The van der Waals surface area contributed by atoms with Crippen molar-refractivity contribution in [3.05, 3.63) is 34.9 Å². The number of aryl methyl sites for hydroxylation is 2. The number of amides is 1. The molecule has 0 spiro atoms. The van der Waals surface area contributed by atoms with E-state index in [4.69, 9.17) is 0 Å². The molecule has 0 saturated carbocycles. The van der Waals surface area contributed by atoms with E-state index in [1.165, 1.54) is 5.56 Å². The predicted octanol–water partition coefficient (Wildman–Crippen LogP) is 2.83. The zero-order valence-electron chi connectivity index (χ0n) is 10.1. The summed E-state index contributed by atoms with van der Waals surface area (Å²) in [5.41, 5.74) is 2.78. The second-order valence-electron chi connectivity index (χ2n) is 5.02. The Bertz CT molecular complexity index is 375. The van der Waals surface area contributed by atoms with Crippen LogP contribution >= 0.6 is 0 Å². The number of carbonyl (C=O) groups is 1. The van der Waals surface area contributed by atoms with Crippen molar-refractivity contribution in [3.8, 4) is 0 Å². The van der Waals surface area contributed by atoms with E-state index in [1.807, 2.05) is 52.8 Å². The molecule has 1 N–H and O–H groups in total.